The van der Waals surface area contributed by atoms with Crippen LogP contribution in [-0.4, -0.2) is 64.2 Å². The molecule has 0 unspecified atom stereocenters. The van der Waals surface area contributed by atoms with E-state index in [0.717, 1.165) is 36.8 Å². The van der Waals surface area contributed by atoms with Crippen LogP contribution < -0.4 is 10.7 Å². The Hall–Kier alpha value is -3.30. The summed E-state index contributed by atoms with van der Waals surface area (Å²) in [6.07, 6.45) is 7.84. The zero-order valence-corrected chi connectivity index (χ0v) is 24.2. The molecule has 0 spiro atoms. The topological polar surface area (TPSA) is 121 Å². The highest BCUT2D eigenvalue weighted by Crippen LogP contribution is 2.23. The van der Waals surface area contributed by atoms with Crippen molar-refractivity contribution < 1.29 is 24.2 Å². The Labute approximate surface area is 237 Å². The molecule has 1 aromatic heterocycles. The fourth-order valence-corrected chi connectivity index (χ4v) is 4.84. The standard InChI is InChI=1S/C31H44N4O5/c1-6-21(4)23-13-14-24-19-32-26(18-25(24)17-23)11-8-7-9-16-40-28(20(2)3)29(36)33-22(5)30(37)35-15-10-12-27(34-35)31(38)39/h6,13-14,17-22,27-28,34H,1,7-12,15-16H2,2-5H3,(H,33,36)(H,38,39)/t21-,22-,27-,28-/m0/s1. The molecule has 1 aliphatic heterocycles. The summed E-state index contributed by atoms with van der Waals surface area (Å²) in [5, 5.41) is 15.6. The van der Waals surface area contributed by atoms with Gasteiger partial charge in [0.2, 0.25) is 5.91 Å². The first-order valence-corrected chi connectivity index (χ1v) is 14.3. The molecule has 1 aliphatic rings. The van der Waals surface area contributed by atoms with E-state index >= 15 is 0 Å². The number of carbonyl (C=O) groups is 3. The van der Waals surface area contributed by atoms with Gasteiger partial charge in [-0.15, -0.1) is 6.58 Å². The summed E-state index contributed by atoms with van der Waals surface area (Å²) in [5.74, 6) is -1.46. The van der Waals surface area contributed by atoms with Crippen LogP contribution in [0.25, 0.3) is 10.8 Å². The van der Waals surface area contributed by atoms with E-state index in [2.05, 4.69) is 53.5 Å². The first-order valence-electron chi connectivity index (χ1n) is 14.3. The summed E-state index contributed by atoms with van der Waals surface area (Å²) >= 11 is 0. The highest BCUT2D eigenvalue weighted by molar-refractivity contribution is 5.89. The van der Waals surface area contributed by atoms with Gasteiger partial charge >= 0.3 is 5.97 Å². The van der Waals surface area contributed by atoms with E-state index in [1.165, 1.54) is 16.0 Å². The molecule has 2 aromatic rings. The number of pyridine rings is 1. The normalized spacial score (nSPS) is 17.8. The predicted molar refractivity (Wildman–Crippen MR) is 156 cm³/mol. The minimum absolute atomic E-state index is 0.0673. The van der Waals surface area contributed by atoms with Crippen LogP contribution in [0.1, 0.15) is 77.0 Å². The van der Waals surface area contributed by atoms with Crippen molar-refractivity contribution in [1.29, 1.82) is 0 Å². The number of carboxylic acids is 1. The van der Waals surface area contributed by atoms with Crippen molar-refractivity contribution in [3.8, 4) is 0 Å². The molecular weight excluding hydrogens is 508 g/mol. The maximum atomic E-state index is 12.9. The summed E-state index contributed by atoms with van der Waals surface area (Å²) in [7, 11) is 0. The third-order valence-corrected chi connectivity index (χ3v) is 7.40. The predicted octanol–water partition coefficient (Wildman–Crippen LogP) is 4.36. The van der Waals surface area contributed by atoms with Gasteiger partial charge in [-0.25, -0.2) is 5.43 Å². The van der Waals surface area contributed by atoms with Crippen molar-refractivity contribution in [3.63, 3.8) is 0 Å². The highest BCUT2D eigenvalue weighted by atomic mass is 16.5. The van der Waals surface area contributed by atoms with Crippen molar-refractivity contribution >= 4 is 28.6 Å². The molecule has 0 aliphatic carbocycles. The Kier molecular flexibility index (Phi) is 11.6. The molecule has 1 fully saturated rings. The average Bonchev–Trinajstić information content (AvgIpc) is 2.95. The van der Waals surface area contributed by atoms with E-state index in [-0.39, 0.29) is 17.7 Å². The first-order chi connectivity index (χ1) is 19.1. The zero-order valence-electron chi connectivity index (χ0n) is 24.2. The monoisotopic (exact) mass is 552 g/mol. The third kappa shape index (κ3) is 8.60. The Balaban J connectivity index is 1.42. The lowest BCUT2D eigenvalue weighted by atomic mass is 9.98. The first kappa shape index (κ1) is 31.2. The number of benzene rings is 1. The molecule has 1 saturated heterocycles. The van der Waals surface area contributed by atoms with Crippen LogP contribution in [0.5, 0.6) is 0 Å². The van der Waals surface area contributed by atoms with Crippen LogP contribution in [0.3, 0.4) is 0 Å². The van der Waals surface area contributed by atoms with Gasteiger partial charge in [0.25, 0.3) is 5.91 Å². The van der Waals surface area contributed by atoms with Crippen LogP contribution in [-0.2, 0) is 25.5 Å². The van der Waals surface area contributed by atoms with Gasteiger partial charge < -0.3 is 15.2 Å². The molecule has 1 aromatic carbocycles. The number of aryl methyl sites for hydroxylation is 1. The number of aromatic nitrogens is 1. The molecule has 9 nitrogen and oxygen atoms in total. The second-order valence-electron chi connectivity index (χ2n) is 11.0. The Morgan fingerprint density at radius 1 is 1.18 bits per heavy atom. The number of hydrogen-bond acceptors (Lipinski definition) is 6. The molecule has 2 heterocycles. The number of fused-ring (bicyclic) bond motifs is 1. The number of hydrazine groups is 1. The summed E-state index contributed by atoms with van der Waals surface area (Å²) in [6.45, 7) is 12.3. The summed E-state index contributed by atoms with van der Waals surface area (Å²) < 4.78 is 5.94. The maximum Gasteiger partial charge on any atom is 0.322 e. The number of rotatable bonds is 14. The summed E-state index contributed by atoms with van der Waals surface area (Å²) in [6, 6.07) is 7.00. The lowest BCUT2D eigenvalue weighted by Crippen LogP contribution is -2.59. The van der Waals surface area contributed by atoms with Gasteiger partial charge in [-0.05, 0) is 67.9 Å². The molecule has 4 atom stereocenters. The van der Waals surface area contributed by atoms with E-state index in [1.54, 1.807) is 6.92 Å². The lowest BCUT2D eigenvalue weighted by molar-refractivity contribution is -0.149. The second kappa shape index (κ2) is 14.9. The van der Waals surface area contributed by atoms with Crippen LogP contribution in [0.4, 0.5) is 0 Å². The number of allylic oxidation sites excluding steroid dienone is 1. The van der Waals surface area contributed by atoms with Gasteiger partial charge in [0.15, 0.2) is 0 Å². The smallest absolute Gasteiger partial charge is 0.322 e. The third-order valence-electron chi connectivity index (χ3n) is 7.40. The van der Waals surface area contributed by atoms with Crippen molar-refractivity contribution in [1.82, 2.24) is 20.7 Å². The number of amides is 2. The molecule has 3 rings (SSSR count). The van der Waals surface area contributed by atoms with Crippen molar-refractivity contribution in [2.75, 3.05) is 13.2 Å². The molecular formula is C31H44N4O5. The van der Waals surface area contributed by atoms with Crippen molar-refractivity contribution in [3.05, 3.63) is 54.4 Å². The summed E-state index contributed by atoms with van der Waals surface area (Å²) in [4.78, 5) is 41.6. The Bertz CT molecular complexity index is 1180. The summed E-state index contributed by atoms with van der Waals surface area (Å²) in [5.41, 5.74) is 5.04. The molecule has 0 saturated carbocycles. The molecule has 9 heteroatoms. The van der Waals surface area contributed by atoms with Crippen LogP contribution in [0.2, 0.25) is 0 Å². The Morgan fingerprint density at radius 2 is 1.95 bits per heavy atom. The van der Waals surface area contributed by atoms with E-state index in [1.807, 2.05) is 26.1 Å². The molecule has 2 amide bonds. The fourth-order valence-electron chi connectivity index (χ4n) is 4.84. The van der Waals surface area contributed by atoms with E-state index < -0.39 is 24.2 Å². The van der Waals surface area contributed by atoms with Crippen LogP contribution >= 0.6 is 0 Å². The fraction of sp³-hybridized carbons (Fsp3) is 0.548. The van der Waals surface area contributed by atoms with Gasteiger partial charge in [0.1, 0.15) is 18.2 Å². The maximum absolute atomic E-state index is 12.9. The highest BCUT2D eigenvalue weighted by Gasteiger charge is 2.32. The van der Waals surface area contributed by atoms with Crippen molar-refractivity contribution in [2.24, 2.45) is 5.92 Å². The number of ether oxygens (including phenoxy) is 1. The van der Waals surface area contributed by atoms with E-state index in [4.69, 9.17) is 4.74 Å². The number of unbranched alkanes of at least 4 members (excludes halogenated alkanes) is 2. The largest absolute Gasteiger partial charge is 0.480 e. The van der Waals surface area contributed by atoms with Gasteiger partial charge in [0, 0.05) is 30.4 Å². The lowest BCUT2D eigenvalue weighted by Gasteiger charge is -2.34. The molecule has 218 valence electrons. The van der Waals surface area contributed by atoms with Crippen molar-refractivity contribution in [2.45, 2.75) is 90.3 Å². The van der Waals surface area contributed by atoms with Gasteiger partial charge in [-0.1, -0.05) is 51.5 Å². The number of hydrogen-bond donors (Lipinski definition) is 3. The van der Waals surface area contributed by atoms with Gasteiger partial charge in [-0.3, -0.25) is 24.4 Å². The minimum atomic E-state index is -0.997. The molecule has 40 heavy (non-hydrogen) atoms. The second-order valence-corrected chi connectivity index (χ2v) is 11.0. The van der Waals surface area contributed by atoms with E-state index in [9.17, 15) is 19.5 Å². The Morgan fingerprint density at radius 3 is 2.65 bits per heavy atom. The average molecular weight is 553 g/mol. The SMILES string of the molecule is C=C[C@H](C)c1ccc2cnc(CCCCCO[C@H](C(=O)N[C@@H](C)C(=O)N3CCC[C@@H](C(=O)O)N3)C(C)C)cc2c1. The quantitative estimate of drug-likeness (QED) is 0.235. The zero-order chi connectivity index (χ0) is 29.2. The van der Waals surface area contributed by atoms with E-state index in [0.29, 0.717) is 31.9 Å². The van der Waals surface area contributed by atoms with Crippen LogP contribution in [0.15, 0.2) is 43.1 Å². The number of nitrogens with zero attached hydrogens (tertiary/aromatic N) is 2. The minimum Gasteiger partial charge on any atom is -0.480 e. The number of carbonyl (C=O) groups excluding carboxylic acids is 2. The molecule has 3 N–H and O–H groups in total. The van der Waals surface area contributed by atoms with Gasteiger partial charge in [0.05, 0.1) is 0 Å². The molecule has 0 radical (unpaired) electrons. The molecule has 0 bridgehead atoms. The number of carboxylic acid groups (broad SMARTS) is 1. The number of aliphatic carboxylic acids is 1. The van der Waals surface area contributed by atoms with Gasteiger partial charge in [-0.2, -0.15) is 0 Å². The number of nitrogens with one attached hydrogen (secondary N) is 2. The van der Waals surface area contributed by atoms with Crippen LogP contribution in [0, 0.1) is 5.92 Å².